The fourth-order valence-corrected chi connectivity index (χ4v) is 1.45. The van der Waals surface area contributed by atoms with E-state index in [0.29, 0.717) is 18.9 Å². The van der Waals surface area contributed by atoms with E-state index in [1.807, 2.05) is 0 Å². The lowest BCUT2D eigenvalue weighted by molar-refractivity contribution is -0.125. The first-order chi connectivity index (χ1) is 6.95. The third kappa shape index (κ3) is 7.93. The van der Waals surface area contributed by atoms with Crippen molar-refractivity contribution in [2.24, 2.45) is 23.3 Å². The third-order valence-corrected chi connectivity index (χ3v) is 2.07. The Morgan fingerprint density at radius 3 is 2.33 bits per heavy atom. The van der Waals surface area contributed by atoms with Crippen LogP contribution in [0.2, 0.25) is 0 Å². The minimum Gasteiger partial charge on any atom is -0.368 e. The minimum atomic E-state index is -0.531. The molecule has 0 spiro atoms. The van der Waals surface area contributed by atoms with Gasteiger partial charge in [0.05, 0.1) is 6.54 Å². The van der Waals surface area contributed by atoms with Crippen LogP contribution in [0.15, 0.2) is 0 Å². The van der Waals surface area contributed by atoms with Gasteiger partial charge in [-0.1, -0.05) is 13.8 Å². The van der Waals surface area contributed by atoms with E-state index in [9.17, 15) is 9.59 Å². The second-order valence-electron chi connectivity index (χ2n) is 4.18. The van der Waals surface area contributed by atoms with Crippen molar-refractivity contribution in [1.82, 2.24) is 5.32 Å². The van der Waals surface area contributed by atoms with Gasteiger partial charge in [0.1, 0.15) is 0 Å². The SMILES string of the molecule is CC(C)C[C@H](CN)CC(=O)NCC(N)=O. The molecule has 0 aromatic rings. The van der Waals surface area contributed by atoms with Gasteiger partial charge in [0, 0.05) is 6.42 Å². The van der Waals surface area contributed by atoms with Crippen molar-refractivity contribution in [2.75, 3.05) is 13.1 Å². The molecule has 0 radical (unpaired) electrons. The summed E-state index contributed by atoms with van der Waals surface area (Å²) in [7, 11) is 0. The molecule has 0 saturated heterocycles. The maximum absolute atomic E-state index is 11.3. The number of rotatable bonds is 7. The maximum Gasteiger partial charge on any atom is 0.236 e. The van der Waals surface area contributed by atoms with E-state index in [1.54, 1.807) is 0 Å². The number of carbonyl (C=O) groups excluding carboxylic acids is 2. The molecule has 0 aromatic carbocycles. The number of carbonyl (C=O) groups is 2. The van der Waals surface area contributed by atoms with E-state index in [-0.39, 0.29) is 18.4 Å². The normalized spacial score (nSPS) is 12.5. The lowest BCUT2D eigenvalue weighted by Gasteiger charge is -2.16. The molecular formula is C10H21N3O2. The Morgan fingerprint density at radius 1 is 1.33 bits per heavy atom. The second kappa shape index (κ2) is 7.23. The van der Waals surface area contributed by atoms with E-state index in [4.69, 9.17) is 11.5 Å². The van der Waals surface area contributed by atoms with Crippen LogP contribution in [0.3, 0.4) is 0 Å². The van der Waals surface area contributed by atoms with Crippen molar-refractivity contribution in [3.8, 4) is 0 Å². The first kappa shape index (κ1) is 13.9. The maximum atomic E-state index is 11.3. The van der Waals surface area contributed by atoms with Crippen molar-refractivity contribution < 1.29 is 9.59 Å². The zero-order valence-electron chi connectivity index (χ0n) is 9.45. The van der Waals surface area contributed by atoms with Crippen LogP contribution in [-0.4, -0.2) is 24.9 Å². The monoisotopic (exact) mass is 215 g/mol. The van der Waals surface area contributed by atoms with Crippen LogP contribution in [-0.2, 0) is 9.59 Å². The average molecular weight is 215 g/mol. The lowest BCUT2D eigenvalue weighted by Crippen LogP contribution is -2.35. The standard InChI is InChI=1S/C10H21N3O2/c1-7(2)3-8(5-11)4-10(15)13-6-9(12)14/h7-8H,3-6,11H2,1-2H3,(H2,12,14)(H,13,15)/t8-/m0/s1. The number of hydrogen-bond donors (Lipinski definition) is 3. The fourth-order valence-electron chi connectivity index (χ4n) is 1.45. The molecule has 0 aliphatic heterocycles. The Kier molecular flexibility index (Phi) is 6.70. The first-order valence-electron chi connectivity index (χ1n) is 5.20. The van der Waals surface area contributed by atoms with Gasteiger partial charge in [0.15, 0.2) is 0 Å². The quantitative estimate of drug-likeness (QED) is 0.539. The van der Waals surface area contributed by atoms with Gasteiger partial charge in [-0.25, -0.2) is 0 Å². The highest BCUT2D eigenvalue weighted by molar-refractivity contribution is 5.83. The number of nitrogens with one attached hydrogen (secondary N) is 1. The highest BCUT2D eigenvalue weighted by Crippen LogP contribution is 2.13. The molecular weight excluding hydrogens is 194 g/mol. The van der Waals surface area contributed by atoms with Crippen molar-refractivity contribution in [3.05, 3.63) is 0 Å². The Bertz CT molecular complexity index is 217. The van der Waals surface area contributed by atoms with E-state index < -0.39 is 5.91 Å². The lowest BCUT2D eigenvalue weighted by atomic mass is 9.94. The van der Waals surface area contributed by atoms with Crippen LogP contribution in [0.1, 0.15) is 26.7 Å². The topological polar surface area (TPSA) is 98.2 Å². The van der Waals surface area contributed by atoms with Crippen molar-refractivity contribution in [1.29, 1.82) is 0 Å². The first-order valence-corrected chi connectivity index (χ1v) is 5.20. The largest absolute Gasteiger partial charge is 0.368 e. The van der Waals surface area contributed by atoms with Crippen LogP contribution in [0.4, 0.5) is 0 Å². The summed E-state index contributed by atoms with van der Waals surface area (Å²) in [6.45, 7) is 4.56. The van der Waals surface area contributed by atoms with Crippen molar-refractivity contribution >= 4 is 11.8 Å². The van der Waals surface area contributed by atoms with E-state index in [1.165, 1.54) is 0 Å². The van der Waals surface area contributed by atoms with Crippen LogP contribution in [0.5, 0.6) is 0 Å². The molecule has 15 heavy (non-hydrogen) atoms. The summed E-state index contributed by atoms with van der Waals surface area (Å²) in [5.74, 6) is 0.00164. The highest BCUT2D eigenvalue weighted by atomic mass is 16.2. The Labute approximate surface area is 90.6 Å². The van der Waals surface area contributed by atoms with E-state index in [0.717, 1.165) is 6.42 Å². The molecule has 2 amide bonds. The van der Waals surface area contributed by atoms with Gasteiger partial charge in [-0.15, -0.1) is 0 Å². The third-order valence-electron chi connectivity index (χ3n) is 2.07. The number of primary amides is 1. The van der Waals surface area contributed by atoms with Gasteiger partial charge in [0.2, 0.25) is 11.8 Å². The van der Waals surface area contributed by atoms with E-state index in [2.05, 4.69) is 19.2 Å². The minimum absolute atomic E-state index is 0.0994. The van der Waals surface area contributed by atoms with Gasteiger partial charge < -0.3 is 16.8 Å². The molecule has 1 atom stereocenters. The van der Waals surface area contributed by atoms with Crippen LogP contribution >= 0.6 is 0 Å². The van der Waals surface area contributed by atoms with Crippen molar-refractivity contribution in [2.45, 2.75) is 26.7 Å². The number of nitrogens with two attached hydrogens (primary N) is 2. The molecule has 5 N–H and O–H groups in total. The van der Waals surface area contributed by atoms with Gasteiger partial charge in [0.25, 0.3) is 0 Å². The zero-order valence-corrected chi connectivity index (χ0v) is 9.45. The predicted molar refractivity (Wildman–Crippen MR) is 58.8 cm³/mol. The molecule has 0 aliphatic rings. The number of hydrogen-bond acceptors (Lipinski definition) is 3. The summed E-state index contributed by atoms with van der Waals surface area (Å²) in [6, 6.07) is 0. The van der Waals surface area contributed by atoms with Gasteiger partial charge in [-0.3, -0.25) is 9.59 Å². The summed E-state index contributed by atoms with van der Waals surface area (Å²) in [5.41, 5.74) is 10.5. The van der Waals surface area contributed by atoms with Crippen LogP contribution in [0.25, 0.3) is 0 Å². The Morgan fingerprint density at radius 2 is 1.93 bits per heavy atom. The van der Waals surface area contributed by atoms with Gasteiger partial charge in [-0.2, -0.15) is 0 Å². The summed E-state index contributed by atoms with van der Waals surface area (Å²) in [4.78, 5) is 21.7. The van der Waals surface area contributed by atoms with Crippen LogP contribution in [0, 0.1) is 11.8 Å². The van der Waals surface area contributed by atoms with Crippen molar-refractivity contribution in [3.63, 3.8) is 0 Å². The molecule has 0 saturated carbocycles. The molecule has 0 fully saturated rings. The second-order valence-corrected chi connectivity index (χ2v) is 4.18. The predicted octanol–water partition coefficient (Wildman–Crippen LogP) is -0.401. The summed E-state index contributed by atoms with van der Waals surface area (Å²) < 4.78 is 0. The average Bonchev–Trinajstić information content (AvgIpc) is 2.13. The Hall–Kier alpha value is -1.10. The molecule has 0 aliphatic carbocycles. The molecule has 0 unspecified atom stereocenters. The molecule has 5 heteroatoms. The van der Waals surface area contributed by atoms with Gasteiger partial charge >= 0.3 is 0 Å². The fraction of sp³-hybridized carbons (Fsp3) is 0.800. The Balaban J connectivity index is 3.85. The molecule has 88 valence electrons. The smallest absolute Gasteiger partial charge is 0.236 e. The van der Waals surface area contributed by atoms with E-state index >= 15 is 0 Å². The molecule has 0 bridgehead atoms. The zero-order chi connectivity index (χ0) is 11.8. The number of amides is 2. The summed E-state index contributed by atoms with van der Waals surface area (Å²) in [5, 5.41) is 2.45. The van der Waals surface area contributed by atoms with Gasteiger partial charge in [-0.05, 0) is 24.8 Å². The van der Waals surface area contributed by atoms with Crippen LogP contribution < -0.4 is 16.8 Å². The molecule has 0 aromatic heterocycles. The summed E-state index contributed by atoms with van der Waals surface area (Å²) in [6.07, 6.45) is 1.28. The molecule has 5 nitrogen and oxygen atoms in total. The summed E-state index contributed by atoms with van der Waals surface area (Å²) >= 11 is 0. The molecule has 0 heterocycles. The highest BCUT2D eigenvalue weighted by Gasteiger charge is 2.13. The molecule has 0 rings (SSSR count).